The predicted molar refractivity (Wildman–Crippen MR) is 111 cm³/mol. The first kappa shape index (κ1) is 20.1. The molecule has 2 heterocycles. The van der Waals surface area contributed by atoms with E-state index in [1.807, 2.05) is 0 Å². The number of sulfonamides is 1. The number of hydrogen-bond donors (Lipinski definition) is 2. The smallest absolute Gasteiger partial charge is 0.274 e. The molecule has 2 N–H and O–H groups in total. The zero-order valence-electron chi connectivity index (χ0n) is 16.0. The molecule has 156 valence electrons. The Hall–Kier alpha value is -3.20. The fourth-order valence-electron chi connectivity index (χ4n) is 3.52. The van der Waals surface area contributed by atoms with Crippen molar-refractivity contribution in [1.29, 1.82) is 0 Å². The van der Waals surface area contributed by atoms with Crippen LogP contribution in [0.5, 0.6) is 5.75 Å². The Balaban J connectivity index is 1.74. The summed E-state index contributed by atoms with van der Waals surface area (Å²) < 4.78 is 39.8. The topological polar surface area (TPSA) is 99.6 Å². The first-order chi connectivity index (χ1) is 14.4. The van der Waals surface area contributed by atoms with Crippen LogP contribution in [-0.4, -0.2) is 36.7 Å². The van der Waals surface area contributed by atoms with Gasteiger partial charge in [0.05, 0.1) is 5.75 Å². The summed E-state index contributed by atoms with van der Waals surface area (Å²) in [4.78, 5) is 17.0. The van der Waals surface area contributed by atoms with E-state index in [0.29, 0.717) is 29.2 Å². The van der Waals surface area contributed by atoms with E-state index in [0.717, 1.165) is 0 Å². The average molecular weight is 429 g/mol. The van der Waals surface area contributed by atoms with Crippen LogP contribution in [-0.2, 0) is 16.6 Å². The van der Waals surface area contributed by atoms with Gasteiger partial charge < -0.3 is 10.4 Å². The predicted octanol–water partition coefficient (Wildman–Crippen LogP) is 2.94. The molecule has 4 rings (SSSR count). The maximum absolute atomic E-state index is 13.4. The van der Waals surface area contributed by atoms with Crippen LogP contribution in [0.25, 0.3) is 10.8 Å². The minimum absolute atomic E-state index is 0.00494. The van der Waals surface area contributed by atoms with Gasteiger partial charge in [-0.25, -0.2) is 17.8 Å². The number of aromatic hydroxyl groups is 1. The fourth-order valence-corrected chi connectivity index (χ4v) is 5.12. The normalized spacial score (nSPS) is 15.8. The Bertz CT molecular complexity index is 1230. The molecule has 0 bridgehead atoms. The van der Waals surface area contributed by atoms with Crippen molar-refractivity contribution in [2.45, 2.75) is 19.4 Å². The van der Waals surface area contributed by atoms with Gasteiger partial charge >= 0.3 is 0 Å². The number of hydrogen-bond acceptors (Lipinski definition) is 5. The number of aromatic nitrogens is 1. The van der Waals surface area contributed by atoms with Crippen LogP contribution in [0.15, 0.2) is 48.5 Å². The standard InChI is InChI=1S/C21H20FN3O4S/c22-15-7-5-6-14(12-15)13-23-21(27)18-19(26)16-8-1-2-9-17(16)20(24-18)25-10-3-4-11-30(25,28)29/h1-2,5-9,12,26H,3-4,10-11,13H2,(H,23,27). The number of carbonyl (C=O) groups is 1. The van der Waals surface area contributed by atoms with Gasteiger partial charge in [0.1, 0.15) is 5.82 Å². The lowest BCUT2D eigenvalue weighted by Crippen LogP contribution is -2.39. The van der Waals surface area contributed by atoms with Crippen LogP contribution >= 0.6 is 0 Å². The third kappa shape index (κ3) is 3.80. The van der Waals surface area contributed by atoms with E-state index in [-0.39, 0.29) is 36.1 Å². The summed E-state index contributed by atoms with van der Waals surface area (Å²) >= 11 is 0. The highest BCUT2D eigenvalue weighted by Gasteiger charge is 2.30. The van der Waals surface area contributed by atoms with Gasteiger partial charge in [-0.2, -0.15) is 0 Å². The van der Waals surface area contributed by atoms with Crippen molar-refractivity contribution in [3.8, 4) is 5.75 Å². The summed E-state index contributed by atoms with van der Waals surface area (Å²) in [5.74, 6) is -1.31. The summed E-state index contributed by atoms with van der Waals surface area (Å²) in [5.41, 5.74) is 0.267. The minimum atomic E-state index is -3.57. The SMILES string of the molecule is O=C(NCc1cccc(F)c1)c1nc(N2CCCCS2(=O)=O)c2ccccc2c1O. The molecule has 1 aliphatic rings. The van der Waals surface area contributed by atoms with Gasteiger partial charge in [0.15, 0.2) is 17.3 Å². The number of benzene rings is 2. The zero-order chi connectivity index (χ0) is 21.3. The molecule has 0 saturated carbocycles. The van der Waals surface area contributed by atoms with Gasteiger partial charge in [-0.15, -0.1) is 0 Å². The number of fused-ring (bicyclic) bond motifs is 1. The molecule has 1 aromatic heterocycles. The fraction of sp³-hybridized carbons (Fsp3) is 0.238. The Labute approximate surface area is 173 Å². The van der Waals surface area contributed by atoms with Gasteiger partial charge in [-0.05, 0) is 30.5 Å². The van der Waals surface area contributed by atoms with Crippen LogP contribution in [0.1, 0.15) is 28.9 Å². The van der Waals surface area contributed by atoms with Crippen molar-refractivity contribution in [2.24, 2.45) is 0 Å². The number of nitrogens with zero attached hydrogens (tertiary/aromatic N) is 2. The number of amides is 1. The first-order valence-electron chi connectivity index (χ1n) is 9.51. The molecule has 1 aliphatic heterocycles. The zero-order valence-corrected chi connectivity index (χ0v) is 16.8. The van der Waals surface area contributed by atoms with Crippen LogP contribution in [0.4, 0.5) is 10.2 Å². The molecule has 0 radical (unpaired) electrons. The second-order valence-electron chi connectivity index (χ2n) is 7.09. The number of nitrogens with one attached hydrogen (secondary N) is 1. The molecule has 7 nitrogen and oxygen atoms in total. The molecule has 1 saturated heterocycles. The van der Waals surface area contributed by atoms with Crippen molar-refractivity contribution in [3.63, 3.8) is 0 Å². The van der Waals surface area contributed by atoms with E-state index >= 15 is 0 Å². The van der Waals surface area contributed by atoms with Gasteiger partial charge in [0.25, 0.3) is 5.91 Å². The van der Waals surface area contributed by atoms with E-state index in [1.54, 1.807) is 30.3 Å². The summed E-state index contributed by atoms with van der Waals surface area (Å²) in [7, 11) is -3.57. The number of pyridine rings is 1. The Kier molecular flexibility index (Phi) is 5.29. The molecule has 30 heavy (non-hydrogen) atoms. The van der Waals surface area contributed by atoms with Gasteiger partial charge in [0, 0.05) is 23.9 Å². The maximum Gasteiger partial charge on any atom is 0.274 e. The van der Waals surface area contributed by atoms with Crippen molar-refractivity contribution in [2.75, 3.05) is 16.6 Å². The lowest BCUT2D eigenvalue weighted by atomic mass is 10.1. The number of carbonyl (C=O) groups excluding carboxylic acids is 1. The van der Waals surface area contributed by atoms with E-state index in [9.17, 15) is 22.7 Å². The monoisotopic (exact) mass is 429 g/mol. The molecular weight excluding hydrogens is 409 g/mol. The average Bonchev–Trinajstić information content (AvgIpc) is 2.73. The minimum Gasteiger partial charge on any atom is -0.505 e. The maximum atomic E-state index is 13.4. The number of anilines is 1. The van der Waals surface area contributed by atoms with E-state index in [2.05, 4.69) is 10.3 Å². The Morgan fingerprint density at radius 1 is 1.13 bits per heavy atom. The second kappa shape index (κ2) is 7.91. The van der Waals surface area contributed by atoms with Crippen LogP contribution in [0, 0.1) is 5.82 Å². The van der Waals surface area contributed by atoms with Crippen LogP contribution in [0.3, 0.4) is 0 Å². The first-order valence-corrected chi connectivity index (χ1v) is 11.1. The molecule has 1 amide bonds. The highest BCUT2D eigenvalue weighted by molar-refractivity contribution is 7.92. The quantitative estimate of drug-likeness (QED) is 0.664. The summed E-state index contributed by atoms with van der Waals surface area (Å²) in [6, 6.07) is 12.4. The lowest BCUT2D eigenvalue weighted by Gasteiger charge is -2.28. The molecule has 0 spiro atoms. The molecule has 1 fully saturated rings. The van der Waals surface area contributed by atoms with Crippen molar-refractivity contribution in [3.05, 3.63) is 65.6 Å². The summed E-state index contributed by atoms with van der Waals surface area (Å²) in [5, 5.41) is 14.0. The van der Waals surface area contributed by atoms with Crippen molar-refractivity contribution >= 4 is 32.5 Å². The van der Waals surface area contributed by atoms with Gasteiger partial charge in [0.2, 0.25) is 10.0 Å². The van der Waals surface area contributed by atoms with Gasteiger partial charge in [-0.3, -0.25) is 9.10 Å². The van der Waals surface area contributed by atoms with E-state index < -0.39 is 21.7 Å². The molecule has 3 aromatic rings. The highest BCUT2D eigenvalue weighted by Crippen LogP contribution is 2.36. The molecule has 9 heteroatoms. The Morgan fingerprint density at radius 2 is 1.90 bits per heavy atom. The van der Waals surface area contributed by atoms with Crippen molar-refractivity contribution < 1.29 is 22.7 Å². The third-order valence-corrected chi connectivity index (χ3v) is 6.84. The molecule has 0 unspecified atom stereocenters. The van der Waals surface area contributed by atoms with Crippen LogP contribution < -0.4 is 9.62 Å². The van der Waals surface area contributed by atoms with Crippen LogP contribution in [0.2, 0.25) is 0 Å². The molecule has 2 aromatic carbocycles. The molecule has 0 atom stereocenters. The summed E-state index contributed by atoms with van der Waals surface area (Å²) in [6.07, 6.45) is 1.24. The largest absolute Gasteiger partial charge is 0.505 e. The van der Waals surface area contributed by atoms with Crippen molar-refractivity contribution in [1.82, 2.24) is 10.3 Å². The van der Waals surface area contributed by atoms with E-state index in [1.165, 1.54) is 22.5 Å². The summed E-state index contributed by atoms with van der Waals surface area (Å²) in [6.45, 7) is 0.288. The van der Waals surface area contributed by atoms with Gasteiger partial charge in [-0.1, -0.05) is 36.4 Å². The second-order valence-corrected chi connectivity index (χ2v) is 9.10. The van der Waals surface area contributed by atoms with E-state index in [4.69, 9.17) is 0 Å². The number of halogens is 1. The molecular formula is C21H20FN3O4S. The third-order valence-electron chi connectivity index (χ3n) is 5.01. The lowest BCUT2D eigenvalue weighted by molar-refractivity contribution is 0.0943. The highest BCUT2D eigenvalue weighted by atomic mass is 32.2. The Morgan fingerprint density at radius 3 is 2.63 bits per heavy atom. The number of rotatable bonds is 4. The molecule has 0 aliphatic carbocycles.